The molecule has 0 saturated heterocycles. The third-order valence-corrected chi connectivity index (χ3v) is 14.3. The van der Waals surface area contributed by atoms with Crippen LogP contribution < -0.4 is 22.1 Å². The zero-order valence-corrected chi connectivity index (χ0v) is 32.1. The molecule has 53 heavy (non-hydrogen) atoms. The molecule has 4 aliphatic carbocycles. The molecule has 7 N–H and O–H groups in total. The molecule has 0 radical (unpaired) electrons. The zero-order valence-electron chi connectivity index (χ0n) is 32.1. The number of benzene rings is 2. The van der Waals surface area contributed by atoms with Crippen LogP contribution in [-0.2, 0) is 47.6 Å². The summed E-state index contributed by atoms with van der Waals surface area (Å²) in [4.78, 5) is 65.7. The van der Waals surface area contributed by atoms with E-state index in [4.69, 9.17) is 16.6 Å². The highest BCUT2D eigenvalue weighted by Crippen LogP contribution is 2.59. The van der Waals surface area contributed by atoms with Gasteiger partial charge in [-0.3, -0.25) is 29.3 Å². The van der Waals surface area contributed by atoms with Crippen LogP contribution in [0.3, 0.4) is 0 Å². The van der Waals surface area contributed by atoms with Crippen LogP contribution in [-0.4, -0.2) is 40.6 Å². The van der Waals surface area contributed by atoms with Gasteiger partial charge in [-0.1, -0.05) is 59.6 Å². The fourth-order valence-corrected chi connectivity index (χ4v) is 11.2. The van der Waals surface area contributed by atoms with Crippen LogP contribution in [0, 0.1) is 28.6 Å². The monoisotopic (exact) mass is 726 g/mol. The molecule has 2 saturated carbocycles. The van der Waals surface area contributed by atoms with Crippen molar-refractivity contribution in [1.82, 2.24) is 5.32 Å². The number of carboxylic acid groups (broad SMARTS) is 1. The second-order valence-corrected chi connectivity index (χ2v) is 17.7. The quantitative estimate of drug-likeness (QED) is 0.139. The Labute approximate surface area is 313 Å². The summed E-state index contributed by atoms with van der Waals surface area (Å²) in [6, 6.07) is 11.2. The van der Waals surface area contributed by atoms with Crippen LogP contribution in [0.4, 0.5) is 11.4 Å². The number of carbonyl (C=O) groups is 5. The first-order valence-corrected chi connectivity index (χ1v) is 19.6. The molecule has 286 valence electrons. The molecule has 0 spiro atoms. The molecule has 0 aliphatic heterocycles. The summed E-state index contributed by atoms with van der Waals surface area (Å²) in [5.41, 5.74) is 16.4. The Morgan fingerprint density at radius 2 is 1.34 bits per heavy atom. The minimum absolute atomic E-state index is 0.00667. The minimum atomic E-state index is -1.02. The van der Waals surface area contributed by atoms with Gasteiger partial charge in [0.1, 0.15) is 5.78 Å². The lowest BCUT2D eigenvalue weighted by molar-refractivity contribution is -0.150. The van der Waals surface area contributed by atoms with E-state index in [1.54, 1.807) is 6.92 Å². The molecule has 4 aliphatic rings. The van der Waals surface area contributed by atoms with Crippen molar-refractivity contribution in [3.05, 3.63) is 58.7 Å². The molecule has 0 unspecified atom stereocenters. The lowest BCUT2D eigenvalue weighted by Gasteiger charge is -2.56. The van der Waals surface area contributed by atoms with E-state index in [0.717, 1.165) is 69.0 Å². The van der Waals surface area contributed by atoms with Gasteiger partial charge in [-0.15, -0.1) is 0 Å². The van der Waals surface area contributed by atoms with Gasteiger partial charge in [0.05, 0.1) is 16.9 Å². The summed E-state index contributed by atoms with van der Waals surface area (Å²) in [6.45, 7) is 10.3. The number of hydrogen-bond donors (Lipinski definition) is 5. The summed E-state index contributed by atoms with van der Waals surface area (Å²) >= 11 is 0. The molecule has 8 atom stereocenters. The van der Waals surface area contributed by atoms with Gasteiger partial charge in [-0.25, -0.2) is 0 Å². The summed E-state index contributed by atoms with van der Waals surface area (Å²) in [7, 11) is 0. The first kappa shape index (κ1) is 38.7. The van der Waals surface area contributed by atoms with Gasteiger partial charge in [0.2, 0.25) is 17.7 Å². The molecule has 10 nitrogen and oxygen atoms in total. The van der Waals surface area contributed by atoms with Crippen LogP contribution >= 0.6 is 0 Å². The van der Waals surface area contributed by atoms with Gasteiger partial charge in [-0.2, -0.15) is 0 Å². The Morgan fingerprint density at radius 3 is 1.89 bits per heavy atom. The molecule has 10 heteroatoms. The van der Waals surface area contributed by atoms with Crippen molar-refractivity contribution < 1.29 is 29.1 Å². The average Bonchev–Trinajstić information content (AvgIpc) is 3.10. The van der Waals surface area contributed by atoms with Gasteiger partial charge in [0.25, 0.3) is 0 Å². The Kier molecular flexibility index (Phi) is 10.4. The Hall–Kier alpha value is -4.05. The third-order valence-electron chi connectivity index (χ3n) is 14.3. The Morgan fingerprint density at radius 1 is 0.811 bits per heavy atom. The number of amides is 3. The highest BCUT2D eigenvalue weighted by Gasteiger charge is 2.58. The molecule has 2 fully saturated rings. The van der Waals surface area contributed by atoms with E-state index in [-0.39, 0.29) is 65.4 Å². The van der Waals surface area contributed by atoms with Crippen molar-refractivity contribution in [2.75, 3.05) is 11.1 Å². The number of carbonyl (C=O) groups excluding carboxylic acids is 4. The van der Waals surface area contributed by atoms with Crippen molar-refractivity contribution in [2.24, 2.45) is 34.3 Å². The largest absolute Gasteiger partial charge is 0.481 e. The normalized spacial score (nSPS) is 31.4. The van der Waals surface area contributed by atoms with Crippen molar-refractivity contribution in [3.63, 3.8) is 0 Å². The maximum atomic E-state index is 14.5. The minimum Gasteiger partial charge on any atom is -0.481 e. The molecule has 2 aromatic carbocycles. The number of imide groups is 1. The number of aryl methyl sites for hydroxylation is 2. The standard InChI is InChI=1S/C43H58N4O6/c1-25(22-33(48)32(45)14-17-36(49)50)37(51)46-29-13-9-27-11-16-35-41(3,31(27)24-29)19-7-21-43(35,5)39(53)47-38(52)42(4)20-6-18-40(2)30-23-28(44)12-8-26(30)10-15-34(40)42/h8-9,12-13,23-25,32,34-35H,6-7,10-11,14-22,44-45H2,1-5H3,(H,46,51)(H,49,50)(H,47,52,53)/t25-,32+,34-,35-,40-,41-,42+,43+/m1/s1. The van der Waals surface area contributed by atoms with Crippen LogP contribution in [0.2, 0.25) is 0 Å². The topological polar surface area (TPSA) is 182 Å². The Balaban J connectivity index is 1.17. The lowest BCUT2D eigenvalue weighted by Crippen LogP contribution is -2.60. The summed E-state index contributed by atoms with van der Waals surface area (Å²) < 4.78 is 0. The predicted molar refractivity (Wildman–Crippen MR) is 205 cm³/mol. The van der Waals surface area contributed by atoms with Gasteiger partial charge < -0.3 is 21.9 Å². The molecular formula is C43H58N4O6. The number of Topliss-reactive ketones (excluding diaryl/α,β-unsaturated/α-hetero) is 1. The highest BCUT2D eigenvalue weighted by atomic mass is 16.4. The number of rotatable bonds is 10. The second-order valence-electron chi connectivity index (χ2n) is 17.7. The van der Waals surface area contributed by atoms with E-state index in [9.17, 15) is 24.0 Å². The first-order chi connectivity index (χ1) is 24.9. The van der Waals surface area contributed by atoms with Crippen molar-refractivity contribution >= 4 is 40.8 Å². The number of anilines is 2. The number of ketones is 1. The maximum Gasteiger partial charge on any atom is 0.303 e. The molecule has 0 aromatic heterocycles. The van der Waals surface area contributed by atoms with Crippen LogP contribution in [0.5, 0.6) is 0 Å². The number of fused-ring (bicyclic) bond motifs is 6. The SMILES string of the molecule is C[C@H](CC(=O)[C@@H](N)CCC(=O)O)C(=O)Nc1ccc2c(c1)[C@@]1(C)CCC[C@](C)(C(=O)NC(=O)[C@@]3(C)CCC[C@]4(C)c5cc(N)ccc5CC[C@@H]34)[C@@H]1CC2. The van der Waals surface area contributed by atoms with E-state index >= 15 is 0 Å². The maximum absolute atomic E-state index is 14.5. The van der Waals surface area contributed by atoms with Gasteiger partial charge in [0.15, 0.2) is 0 Å². The molecule has 3 amide bonds. The number of nitrogens with two attached hydrogens (primary N) is 2. The average molecular weight is 727 g/mol. The number of nitrogens with one attached hydrogen (secondary N) is 2. The highest BCUT2D eigenvalue weighted by molar-refractivity contribution is 6.01. The van der Waals surface area contributed by atoms with Crippen molar-refractivity contribution in [3.8, 4) is 0 Å². The molecule has 0 bridgehead atoms. The summed E-state index contributed by atoms with van der Waals surface area (Å²) in [5, 5.41) is 14.9. The molecule has 2 aromatic rings. The van der Waals surface area contributed by atoms with E-state index in [1.807, 2.05) is 25.1 Å². The van der Waals surface area contributed by atoms with Gasteiger partial charge in [-0.05, 0) is 127 Å². The van der Waals surface area contributed by atoms with Crippen LogP contribution in [0.15, 0.2) is 36.4 Å². The van der Waals surface area contributed by atoms with E-state index in [1.165, 1.54) is 16.7 Å². The summed E-state index contributed by atoms with van der Waals surface area (Å²) in [6.07, 6.45) is 8.21. The van der Waals surface area contributed by atoms with Crippen LogP contribution in [0.25, 0.3) is 0 Å². The van der Waals surface area contributed by atoms with Gasteiger partial charge in [0, 0.05) is 30.1 Å². The zero-order chi connectivity index (χ0) is 38.5. The number of aliphatic carboxylic acids is 1. The van der Waals surface area contributed by atoms with Crippen molar-refractivity contribution in [1.29, 1.82) is 0 Å². The summed E-state index contributed by atoms with van der Waals surface area (Å²) in [5.74, 6) is -2.57. The number of nitrogen functional groups attached to an aromatic ring is 1. The molecule has 0 heterocycles. The van der Waals surface area contributed by atoms with Gasteiger partial charge >= 0.3 is 5.97 Å². The smallest absolute Gasteiger partial charge is 0.303 e. The predicted octanol–water partition coefficient (Wildman–Crippen LogP) is 6.36. The van der Waals surface area contributed by atoms with Crippen molar-refractivity contribution in [2.45, 2.75) is 135 Å². The number of hydrogen-bond acceptors (Lipinski definition) is 7. The van der Waals surface area contributed by atoms with E-state index < -0.39 is 28.8 Å². The number of carboxylic acids is 1. The lowest BCUT2D eigenvalue weighted by atomic mass is 9.49. The Bertz CT molecular complexity index is 1830. The molecular weight excluding hydrogens is 668 g/mol. The molecule has 6 rings (SSSR count). The van der Waals surface area contributed by atoms with E-state index in [0.29, 0.717) is 12.1 Å². The fraction of sp³-hybridized carbons (Fsp3) is 0.605. The third kappa shape index (κ3) is 6.92. The van der Waals surface area contributed by atoms with Crippen LogP contribution in [0.1, 0.15) is 128 Å². The fourth-order valence-electron chi connectivity index (χ4n) is 11.2. The first-order valence-electron chi connectivity index (χ1n) is 19.6. The van der Waals surface area contributed by atoms with E-state index in [2.05, 4.69) is 49.6 Å². The second kappa shape index (κ2) is 14.3.